The van der Waals surface area contributed by atoms with Crippen molar-refractivity contribution < 1.29 is 14.7 Å². The molecule has 5 nitrogen and oxygen atoms in total. The highest BCUT2D eigenvalue weighted by atomic mass is 16.4. The van der Waals surface area contributed by atoms with Crippen LogP contribution in [0.5, 0.6) is 0 Å². The molecular formula is C15H18N2O3. The molecule has 0 aromatic heterocycles. The number of aromatic carboxylic acids is 1. The molecule has 1 unspecified atom stereocenters. The Kier molecular flexibility index (Phi) is 3.38. The SMILES string of the molecule is Cc1ccc(C(=O)O)c(C2=NC(=O)C(C)(C(C)C)N2)c1. The average molecular weight is 274 g/mol. The van der Waals surface area contributed by atoms with Crippen LogP contribution in [0, 0.1) is 12.8 Å². The van der Waals surface area contributed by atoms with Gasteiger partial charge < -0.3 is 10.4 Å². The molecule has 2 rings (SSSR count). The number of aliphatic imine (C=N–C) groups is 1. The molecule has 0 radical (unpaired) electrons. The average Bonchev–Trinajstić information content (AvgIpc) is 2.66. The largest absolute Gasteiger partial charge is 0.478 e. The predicted molar refractivity (Wildman–Crippen MR) is 76.1 cm³/mol. The Morgan fingerprint density at radius 3 is 2.55 bits per heavy atom. The third-order valence-corrected chi connectivity index (χ3v) is 3.85. The maximum absolute atomic E-state index is 12.1. The van der Waals surface area contributed by atoms with Gasteiger partial charge in [-0.15, -0.1) is 0 Å². The van der Waals surface area contributed by atoms with Gasteiger partial charge in [-0.2, -0.15) is 4.99 Å². The highest BCUT2D eigenvalue weighted by molar-refractivity contribution is 6.17. The minimum absolute atomic E-state index is 0.0503. The van der Waals surface area contributed by atoms with Crippen LogP contribution in [0.2, 0.25) is 0 Å². The molecule has 0 bridgehead atoms. The molecule has 1 aromatic rings. The lowest BCUT2D eigenvalue weighted by Crippen LogP contribution is -2.50. The van der Waals surface area contributed by atoms with E-state index in [9.17, 15) is 14.7 Å². The second kappa shape index (κ2) is 4.74. The Balaban J connectivity index is 2.49. The monoisotopic (exact) mass is 274 g/mol. The van der Waals surface area contributed by atoms with Gasteiger partial charge in [0.05, 0.1) is 5.56 Å². The van der Waals surface area contributed by atoms with Gasteiger partial charge in [-0.1, -0.05) is 25.5 Å². The zero-order valence-electron chi connectivity index (χ0n) is 12.0. The van der Waals surface area contributed by atoms with E-state index in [4.69, 9.17) is 0 Å². The lowest BCUT2D eigenvalue weighted by molar-refractivity contribution is -0.123. The zero-order valence-corrected chi connectivity index (χ0v) is 12.0. The van der Waals surface area contributed by atoms with Crippen LogP contribution in [-0.2, 0) is 4.79 Å². The first-order valence-corrected chi connectivity index (χ1v) is 6.51. The van der Waals surface area contributed by atoms with Crippen LogP contribution in [0.25, 0.3) is 0 Å². The number of hydrogen-bond donors (Lipinski definition) is 2. The van der Waals surface area contributed by atoms with Crippen molar-refractivity contribution in [2.45, 2.75) is 33.2 Å². The smallest absolute Gasteiger partial charge is 0.336 e. The quantitative estimate of drug-likeness (QED) is 0.883. The topological polar surface area (TPSA) is 78.8 Å². The van der Waals surface area contributed by atoms with Crippen LogP contribution < -0.4 is 5.32 Å². The minimum atomic E-state index is -1.03. The van der Waals surface area contributed by atoms with E-state index < -0.39 is 11.5 Å². The van der Waals surface area contributed by atoms with Crippen molar-refractivity contribution in [3.05, 3.63) is 34.9 Å². The highest BCUT2D eigenvalue weighted by Gasteiger charge is 2.42. The van der Waals surface area contributed by atoms with Gasteiger partial charge in [0.25, 0.3) is 5.91 Å². The van der Waals surface area contributed by atoms with Crippen molar-refractivity contribution in [2.75, 3.05) is 0 Å². The Labute approximate surface area is 117 Å². The Morgan fingerprint density at radius 2 is 2.05 bits per heavy atom. The highest BCUT2D eigenvalue weighted by Crippen LogP contribution is 2.25. The summed E-state index contributed by atoms with van der Waals surface area (Å²) in [7, 11) is 0. The summed E-state index contributed by atoms with van der Waals surface area (Å²) in [6.07, 6.45) is 0. The van der Waals surface area contributed by atoms with Gasteiger partial charge in [0, 0.05) is 5.56 Å². The van der Waals surface area contributed by atoms with Crippen LogP contribution in [0.1, 0.15) is 42.3 Å². The van der Waals surface area contributed by atoms with Gasteiger partial charge in [-0.25, -0.2) is 4.79 Å². The number of nitrogens with one attached hydrogen (secondary N) is 1. The minimum Gasteiger partial charge on any atom is -0.478 e. The zero-order chi connectivity index (χ0) is 15.1. The van der Waals surface area contributed by atoms with E-state index in [1.54, 1.807) is 19.1 Å². The Bertz CT molecular complexity index is 620. The lowest BCUT2D eigenvalue weighted by atomic mass is 9.88. The molecule has 0 fully saturated rings. The van der Waals surface area contributed by atoms with Crippen molar-refractivity contribution in [1.29, 1.82) is 0 Å². The molecule has 1 heterocycles. The fourth-order valence-corrected chi connectivity index (χ4v) is 2.10. The van der Waals surface area contributed by atoms with E-state index in [0.717, 1.165) is 5.56 Å². The van der Waals surface area contributed by atoms with E-state index in [1.807, 2.05) is 20.8 Å². The maximum Gasteiger partial charge on any atom is 0.336 e. The third-order valence-electron chi connectivity index (χ3n) is 3.85. The summed E-state index contributed by atoms with van der Waals surface area (Å²) >= 11 is 0. The first-order chi connectivity index (χ1) is 9.25. The molecule has 0 aliphatic carbocycles. The number of benzene rings is 1. The molecule has 0 saturated heterocycles. The number of carbonyl (C=O) groups is 2. The summed E-state index contributed by atoms with van der Waals surface area (Å²) in [6, 6.07) is 4.99. The van der Waals surface area contributed by atoms with E-state index in [0.29, 0.717) is 11.4 Å². The Morgan fingerprint density at radius 1 is 1.40 bits per heavy atom. The van der Waals surface area contributed by atoms with Crippen LogP contribution in [0.15, 0.2) is 23.2 Å². The number of amidine groups is 1. The van der Waals surface area contributed by atoms with Crippen molar-refractivity contribution in [3.8, 4) is 0 Å². The summed E-state index contributed by atoms with van der Waals surface area (Å²) in [5.41, 5.74) is 0.729. The first-order valence-electron chi connectivity index (χ1n) is 6.51. The summed E-state index contributed by atoms with van der Waals surface area (Å²) in [4.78, 5) is 27.4. The number of carbonyl (C=O) groups excluding carboxylic acids is 1. The molecule has 1 aromatic carbocycles. The molecule has 1 atom stereocenters. The fourth-order valence-electron chi connectivity index (χ4n) is 2.10. The van der Waals surface area contributed by atoms with Crippen molar-refractivity contribution in [3.63, 3.8) is 0 Å². The maximum atomic E-state index is 12.1. The second-order valence-electron chi connectivity index (χ2n) is 5.60. The van der Waals surface area contributed by atoms with E-state index in [-0.39, 0.29) is 17.4 Å². The Hall–Kier alpha value is -2.17. The number of carboxylic acid groups (broad SMARTS) is 1. The molecule has 1 amide bonds. The number of aryl methyl sites for hydroxylation is 1. The van der Waals surface area contributed by atoms with Gasteiger partial charge in [-0.05, 0) is 31.9 Å². The molecule has 0 saturated carbocycles. The van der Waals surface area contributed by atoms with Gasteiger partial charge >= 0.3 is 5.97 Å². The molecular weight excluding hydrogens is 256 g/mol. The third kappa shape index (κ3) is 2.19. The van der Waals surface area contributed by atoms with Gasteiger partial charge in [0.1, 0.15) is 11.4 Å². The number of nitrogens with zero attached hydrogens (tertiary/aromatic N) is 1. The number of carboxylic acids is 1. The predicted octanol–water partition coefficient (Wildman–Crippen LogP) is 1.98. The van der Waals surface area contributed by atoms with Crippen LogP contribution in [-0.4, -0.2) is 28.4 Å². The van der Waals surface area contributed by atoms with Gasteiger partial charge in [0.15, 0.2) is 0 Å². The molecule has 106 valence electrons. The molecule has 2 N–H and O–H groups in total. The summed E-state index contributed by atoms with van der Waals surface area (Å²) in [5.74, 6) is -0.905. The van der Waals surface area contributed by atoms with E-state index >= 15 is 0 Å². The molecule has 1 aliphatic heterocycles. The van der Waals surface area contributed by atoms with Crippen molar-refractivity contribution >= 4 is 17.7 Å². The normalized spacial score (nSPS) is 21.9. The van der Waals surface area contributed by atoms with Crippen molar-refractivity contribution in [1.82, 2.24) is 5.32 Å². The van der Waals surface area contributed by atoms with Gasteiger partial charge in [-0.3, -0.25) is 4.79 Å². The summed E-state index contributed by atoms with van der Waals surface area (Å²) < 4.78 is 0. The number of rotatable bonds is 3. The molecule has 20 heavy (non-hydrogen) atoms. The van der Waals surface area contributed by atoms with Crippen molar-refractivity contribution in [2.24, 2.45) is 10.9 Å². The van der Waals surface area contributed by atoms with Crippen LogP contribution in [0.4, 0.5) is 0 Å². The standard InChI is InChI=1S/C15H18N2O3/c1-8(2)15(4)14(20)16-12(17-15)11-7-9(3)5-6-10(11)13(18)19/h5-8H,1-4H3,(H,18,19)(H,16,17,20). The van der Waals surface area contributed by atoms with E-state index in [2.05, 4.69) is 10.3 Å². The van der Waals surface area contributed by atoms with Gasteiger partial charge in [0.2, 0.25) is 0 Å². The molecule has 5 heteroatoms. The number of amides is 1. The summed E-state index contributed by atoms with van der Waals surface area (Å²) in [6.45, 7) is 7.51. The first kappa shape index (κ1) is 14.2. The number of hydrogen-bond acceptors (Lipinski definition) is 3. The lowest BCUT2D eigenvalue weighted by Gasteiger charge is -2.27. The molecule has 1 aliphatic rings. The fraction of sp³-hybridized carbons (Fsp3) is 0.400. The summed E-state index contributed by atoms with van der Waals surface area (Å²) in [5, 5.41) is 12.3. The van der Waals surface area contributed by atoms with Crippen LogP contribution in [0.3, 0.4) is 0 Å². The molecule has 0 spiro atoms. The van der Waals surface area contributed by atoms with E-state index in [1.165, 1.54) is 6.07 Å². The second-order valence-corrected chi connectivity index (χ2v) is 5.60. The van der Waals surface area contributed by atoms with Crippen LogP contribution >= 0.6 is 0 Å².